The Hall–Kier alpha value is -2.04. The van der Waals surface area contributed by atoms with Gasteiger partial charge in [0.1, 0.15) is 17.6 Å². The molecule has 2 rings (SSSR count). The second kappa shape index (κ2) is 4.22. The molecule has 0 fully saturated rings. The van der Waals surface area contributed by atoms with Crippen LogP contribution >= 0.6 is 0 Å². The largest absolute Gasteiger partial charge is 0.507 e. The van der Waals surface area contributed by atoms with E-state index in [1.807, 2.05) is 0 Å². The van der Waals surface area contributed by atoms with Crippen LogP contribution in [0.25, 0.3) is 0 Å². The number of amidine groups is 1. The summed E-state index contributed by atoms with van der Waals surface area (Å²) < 4.78 is 4.61. The van der Waals surface area contributed by atoms with E-state index in [2.05, 4.69) is 15.0 Å². The number of rotatable bonds is 2. The normalized spacial score (nSPS) is 18.8. The first kappa shape index (κ1) is 10.5. The second-order valence-electron chi connectivity index (χ2n) is 3.43. The molecule has 0 amide bonds. The van der Waals surface area contributed by atoms with Gasteiger partial charge in [-0.3, -0.25) is 4.99 Å². The lowest BCUT2D eigenvalue weighted by atomic mass is 10.2. The molecule has 0 bridgehead atoms. The fourth-order valence-corrected chi connectivity index (χ4v) is 1.55. The summed E-state index contributed by atoms with van der Waals surface area (Å²) in [6, 6.07) is 6.38. The highest BCUT2D eigenvalue weighted by molar-refractivity contribution is 6.04. The zero-order chi connectivity index (χ0) is 11.5. The number of aromatic hydroxyl groups is 1. The molecule has 0 saturated heterocycles. The number of esters is 1. The number of hydrogen-bond donors (Lipinski definition) is 2. The van der Waals surface area contributed by atoms with Crippen molar-refractivity contribution >= 4 is 11.8 Å². The molecule has 1 aliphatic heterocycles. The third-order valence-corrected chi connectivity index (χ3v) is 2.39. The van der Waals surface area contributed by atoms with E-state index in [0.717, 1.165) is 0 Å². The summed E-state index contributed by atoms with van der Waals surface area (Å²) in [5.74, 6) is 0.307. The number of benzene rings is 1. The van der Waals surface area contributed by atoms with Crippen LogP contribution in [0, 0.1) is 0 Å². The minimum atomic E-state index is -0.459. The van der Waals surface area contributed by atoms with Crippen molar-refractivity contribution in [2.24, 2.45) is 4.99 Å². The average molecular weight is 220 g/mol. The highest BCUT2D eigenvalue weighted by Gasteiger charge is 2.26. The molecule has 1 aromatic carbocycles. The standard InChI is InChI=1S/C11H12N2O3/c1-16-11(15)8-6-12-10(13-8)7-4-2-3-5-9(7)14/h2-5,8,14H,6H2,1H3,(H,12,13)/t8-/m1/s1. The number of carbonyl (C=O) groups excluding carboxylic acids is 1. The van der Waals surface area contributed by atoms with Crippen LogP contribution in [-0.2, 0) is 9.53 Å². The number of phenols is 1. The Balaban J connectivity index is 2.15. The molecular weight excluding hydrogens is 208 g/mol. The molecular formula is C11H12N2O3. The maximum Gasteiger partial charge on any atom is 0.330 e. The van der Waals surface area contributed by atoms with Gasteiger partial charge in [-0.2, -0.15) is 0 Å². The van der Waals surface area contributed by atoms with Crippen LogP contribution in [0.4, 0.5) is 0 Å². The second-order valence-corrected chi connectivity index (χ2v) is 3.43. The van der Waals surface area contributed by atoms with Crippen molar-refractivity contribution in [1.82, 2.24) is 5.32 Å². The molecule has 0 spiro atoms. The Bertz CT molecular complexity index is 443. The van der Waals surface area contributed by atoms with Crippen LogP contribution < -0.4 is 5.32 Å². The van der Waals surface area contributed by atoms with Crippen LogP contribution in [0.1, 0.15) is 5.56 Å². The van der Waals surface area contributed by atoms with Crippen molar-refractivity contribution in [2.45, 2.75) is 6.04 Å². The van der Waals surface area contributed by atoms with Crippen molar-refractivity contribution in [3.8, 4) is 5.75 Å². The predicted octanol–water partition coefficient (Wildman–Crippen LogP) is 0.284. The van der Waals surface area contributed by atoms with E-state index in [0.29, 0.717) is 17.9 Å². The average Bonchev–Trinajstić information content (AvgIpc) is 2.78. The first-order valence-electron chi connectivity index (χ1n) is 4.89. The molecule has 5 nitrogen and oxygen atoms in total. The van der Waals surface area contributed by atoms with Gasteiger partial charge < -0.3 is 15.2 Å². The predicted molar refractivity (Wildman–Crippen MR) is 58.5 cm³/mol. The number of phenolic OH excluding ortho intramolecular Hbond substituents is 1. The molecule has 0 aliphatic carbocycles. The summed E-state index contributed by atoms with van der Waals surface area (Å²) in [6.07, 6.45) is 0. The Morgan fingerprint density at radius 3 is 3.00 bits per heavy atom. The zero-order valence-electron chi connectivity index (χ0n) is 8.80. The van der Waals surface area contributed by atoms with E-state index in [1.165, 1.54) is 7.11 Å². The van der Waals surface area contributed by atoms with Gasteiger partial charge in [0.25, 0.3) is 0 Å². The van der Waals surface area contributed by atoms with E-state index in [4.69, 9.17) is 0 Å². The molecule has 1 aromatic rings. The van der Waals surface area contributed by atoms with Crippen LogP contribution in [0.15, 0.2) is 29.3 Å². The summed E-state index contributed by atoms with van der Waals surface area (Å²) >= 11 is 0. The number of para-hydroxylation sites is 1. The molecule has 0 saturated carbocycles. The number of ether oxygens (including phenoxy) is 1. The van der Waals surface area contributed by atoms with Crippen molar-refractivity contribution in [3.63, 3.8) is 0 Å². The quantitative estimate of drug-likeness (QED) is 0.702. The lowest BCUT2D eigenvalue weighted by Crippen LogP contribution is -2.38. The van der Waals surface area contributed by atoms with Gasteiger partial charge in [0, 0.05) is 0 Å². The minimum absolute atomic E-state index is 0.138. The maximum absolute atomic E-state index is 11.3. The van der Waals surface area contributed by atoms with Crippen LogP contribution in [0.3, 0.4) is 0 Å². The Labute approximate surface area is 92.8 Å². The molecule has 2 N–H and O–H groups in total. The van der Waals surface area contributed by atoms with Crippen LogP contribution in [0.5, 0.6) is 5.75 Å². The van der Waals surface area contributed by atoms with Gasteiger partial charge in [0.05, 0.1) is 19.2 Å². The molecule has 84 valence electrons. The van der Waals surface area contributed by atoms with E-state index in [9.17, 15) is 9.90 Å². The lowest BCUT2D eigenvalue weighted by molar-refractivity contribution is -0.142. The molecule has 1 heterocycles. The minimum Gasteiger partial charge on any atom is -0.507 e. The Morgan fingerprint density at radius 1 is 1.56 bits per heavy atom. The fraction of sp³-hybridized carbons (Fsp3) is 0.273. The molecule has 1 aliphatic rings. The van der Waals surface area contributed by atoms with Crippen molar-refractivity contribution < 1.29 is 14.6 Å². The monoisotopic (exact) mass is 220 g/mol. The first-order valence-corrected chi connectivity index (χ1v) is 4.89. The molecule has 0 unspecified atom stereocenters. The smallest absolute Gasteiger partial charge is 0.330 e. The zero-order valence-corrected chi connectivity index (χ0v) is 8.80. The number of nitrogens with zero attached hydrogens (tertiary/aromatic N) is 1. The summed E-state index contributed by atoms with van der Waals surface area (Å²) in [4.78, 5) is 15.4. The summed E-state index contributed by atoms with van der Waals surface area (Å²) in [6.45, 7) is 0.330. The van der Waals surface area contributed by atoms with Gasteiger partial charge in [-0.05, 0) is 12.1 Å². The number of hydrogen-bond acceptors (Lipinski definition) is 5. The highest BCUT2D eigenvalue weighted by Crippen LogP contribution is 2.18. The molecule has 1 atom stereocenters. The molecule has 5 heteroatoms. The van der Waals surface area contributed by atoms with Gasteiger partial charge in [-0.25, -0.2) is 4.79 Å². The fourth-order valence-electron chi connectivity index (χ4n) is 1.55. The maximum atomic E-state index is 11.3. The third-order valence-electron chi connectivity index (χ3n) is 2.39. The topological polar surface area (TPSA) is 70.9 Å². The van der Waals surface area contributed by atoms with Gasteiger partial charge >= 0.3 is 5.97 Å². The lowest BCUT2D eigenvalue weighted by Gasteiger charge is -2.09. The van der Waals surface area contributed by atoms with Crippen LogP contribution in [0.2, 0.25) is 0 Å². The first-order chi connectivity index (χ1) is 7.72. The van der Waals surface area contributed by atoms with E-state index in [1.54, 1.807) is 24.3 Å². The number of methoxy groups -OCH3 is 1. The SMILES string of the molecule is COC(=O)[C@H]1CN=C(c2ccccc2O)N1. The summed E-state index contributed by atoms with van der Waals surface area (Å²) in [5.41, 5.74) is 0.592. The van der Waals surface area contributed by atoms with Gasteiger partial charge in [-0.15, -0.1) is 0 Å². The van der Waals surface area contributed by atoms with E-state index >= 15 is 0 Å². The van der Waals surface area contributed by atoms with Crippen molar-refractivity contribution in [1.29, 1.82) is 0 Å². The highest BCUT2D eigenvalue weighted by atomic mass is 16.5. The van der Waals surface area contributed by atoms with E-state index < -0.39 is 6.04 Å². The Kier molecular flexibility index (Phi) is 2.76. The van der Waals surface area contributed by atoms with Gasteiger partial charge in [0.15, 0.2) is 0 Å². The summed E-state index contributed by atoms with van der Waals surface area (Å²) in [7, 11) is 1.34. The number of aliphatic imine (C=N–C) groups is 1. The molecule has 16 heavy (non-hydrogen) atoms. The Morgan fingerprint density at radius 2 is 2.31 bits per heavy atom. The molecule has 0 aromatic heterocycles. The van der Waals surface area contributed by atoms with Crippen LogP contribution in [-0.4, -0.2) is 36.6 Å². The van der Waals surface area contributed by atoms with Gasteiger partial charge in [-0.1, -0.05) is 12.1 Å². The molecule has 0 radical (unpaired) electrons. The number of nitrogens with one attached hydrogen (secondary N) is 1. The van der Waals surface area contributed by atoms with Gasteiger partial charge in [0.2, 0.25) is 0 Å². The number of carbonyl (C=O) groups is 1. The van der Waals surface area contributed by atoms with Crippen molar-refractivity contribution in [2.75, 3.05) is 13.7 Å². The third kappa shape index (κ3) is 1.84. The van der Waals surface area contributed by atoms with Crippen molar-refractivity contribution in [3.05, 3.63) is 29.8 Å². The van der Waals surface area contributed by atoms with E-state index in [-0.39, 0.29) is 11.7 Å². The summed E-state index contributed by atoms with van der Waals surface area (Å²) in [5, 5.41) is 12.5.